The van der Waals surface area contributed by atoms with Crippen molar-refractivity contribution in [2.75, 3.05) is 0 Å². The van der Waals surface area contributed by atoms with E-state index in [2.05, 4.69) is 15.9 Å². The molecule has 1 heterocycles. The summed E-state index contributed by atoms with van der Waals surface area (Å²) in [5, 5.41) is 9.67. The largest absolute Gasteiger partial charge is 0.506 e. The van der Waals surface area contributed by atoms with Crippen molar-refractivity contribution >= 4 is 22.0 Å². The van der Waals surface area contributed by atoms with E-state index in [-0.39, 0.29) is 18.3 Å². The molecule has 1 aromatic rings. The third-order valence-electron chi connectivity index (χ3n) is 2.10. The highest BCUT2D eigenvalue weighted by Crippen LogP contribution is 2.29. The molecule has 1 aromatic carbocycles. The minimum absolute atomic E-state index is 0.129. The second-order valence-electron chi connectivity index (χ2n) is 3.24. The van der Waals surface area contributed by atoms with E-state index >= 15 is 0 Å². The van der Waals surface area contributed by atoms with Crippen LogP contribution < -0.4 is 0 Å². The van der Waals surface area contributed by atoms with Crippen LogP contribution in [0.25, 0.3) is 6.08 Å². The molecule has 15 heavy (non-hydrogen) atoms. The monoisotopic (exact) mass is 270 g/mol. The van der Waals surface area contributed by atoms with E-state index in [1.807, 2.05) is 19.1 Å². The first-order valence-corrected chi connectivity index (χ1v) is 5.43. The van der Waals surface area contributed by atoms with Gasteiger partial charge in [0.1, 0.15) is 5.75 Å². The molecule has 0 atom stereocenters. The number of phenols is 1. The predicted octanol–water partition coefficient (Wildman–Crippen LogP) is 2.89. The van der Waals surface area contributed by atoms with Crippen LogP contribution in [0.4, 0.5) is 0 Å². The lowest BCUT2D eigenvalue weighted by Gasteiger charge is -2.31. The zero-order valence-corrected chi connectivity index (χ0v) is 9.77. The Morgan fingerprint density at radius 3 is 2.80 bits per heavy atom. The van der Waals surface area contributed by atoms with Crippen LogP contribution in [-0.4, -0.2) is 17.7 Å². The number of ether oxygens (including phenoxy) is 2. The molecule has 1 saturated heterocycles. The Morgan fingerprint density at radius 1 is 1.40 bits per heavy atom. The number of rotatable bonds is 2. The number of hydrogen-bond donors (Lipinski definition) is 1. The zero-order chi connectivity index (χ0) is 10.8. The summed E-state index contributed by atoms with van der Waals surface area (Å²) in [5.41, 5.74) is 0.733. The fourth-order valence-electron chi connectivity index (χ4n) is 1.33. The van der Waals surface area contributed by atoms with Crippen molar-refractivity contribution < 1.29 is 14.6 Å². The van der Waals surface area contributed by atoms with Gasteiger partial charge in [0, 0.05) is 5.56 Å². The molecule has 1 fully saturated rings. The first kappa shape index (κ1) is 10.7. The molecule has 3 nitrogen and oxygen atoms in total. The Bertz CT molecular complexity index is 383. The van der Waals surface area contributed by atoms with E-state index in [0.29, 0.717) is 4.47 Å². The predicted molar refractivity (Wildman–Crippen MR) is 60.3 cm³/mol. The third-order valence-corrected chi connectivity index (χ3v) is 2.74. The van der Waals surface area contributed by atoms with E-state index in [1.54, 1.807) is 18.2 Å². The van der Waals surface area contributed by atoms with Gasteiger partial charge in [0.25, 0.3) is 0 Å². The van der Waals surface area contributed by atoms with Gasteiger partial charge in [-0.3, -0.25) is 0 Å². The highest BCUT2D eigenvalue weighted by molar-refractivity contribution is 9.10. The van der Waals surface area contributed by atoms with Crippen molar-refractivity contribution in [1.29, 1.82) is 0 Å². The first-order chi connectivity index (χ1) is 7.16. The summed E-state index contributed by atoms with van der Waals surface area (Å²) in [7, 11) is 0. The average Bonchev–Trinajstić information content (AvgIpc) is 2.17. The van der Waals surface area contributed by atoms with Crippen molar-refractivity contribution in [1.82, 2.24) is 0 Å². The summed E-state index contributed by atoms with van der Waals surface area (Å²) in [6.45, 7) is 1.83. The SMILES string of the molecule is CC1OC(/C=C/c2cccc(Br)c2O)O1. The highest BCUT2D eigenvalue weighted by atomic mass is 79.9. The molecular formula is C11H11BrO3. The van der Waals surface area contributed by atoms with Gasteiger partial charge in [-0.25, -0.2) is 0 Å². The molecule has 0 aliphatic carbocycles. The quantitative estimate of drug-likeness (QED) is 0.898. The normalized spacial score (nSPS) is 25.5. The second kappa shape index (κ2) is 4.35. The van der Waals surface area contributed by atoms with E-state index in [1.165, 1.54) is 0 Å². The van der Waals surface area contributed by atoms with Crippen molar-refractivity contribution in [2.24, 2.45) is 0 Å². The van der Waals surface area contributed by atoms with E-state index in [0.717, 1.165) is 5.56 Å². The van der Waals surface area contributed by atoms with Crippen LogP contribution in [0.5, 0.6) is 5.75 Å². The standard InChI is InChI=1S/C11H11BrO3/c1-7-14-10(15-7)6-5-8-3-2-4-9(12)11(8)13/h2-7,10,13H,1H3/b6-5+. The lowest BCUT2D eigenvalue weighted by atomic mass is 10.2. The van der Waals surface area contributed by atoms with Crippen LogP contribution in [0.15, 0.2) is 28.7 Å². The summed E-state index contributed by atoms with van der Waals surface area (Å²) >= 11 is 3.25. The second-order valence-corrected chi connectivity index (χ2v) is 4.10. The third kappa shape index (κ3) is 2.40. The maximum Gasteiger partial charge on any atom is 0.183 e. The summed E-state index contributed by atoms with van der Waals surface area (Å²) in [6.07, 6.45) is 3.12. The van der Waals surface area contributed by atoms with Crippen LogP contribution in [0, 0.1) is 0 Å². The maximum atomic E-state index is 9.67. The van der Waals surface area contributed by atoms with Crippen LogP contribution >= 0.6 is 15.9 Å². The Hall–Kier alpha value is -0.840. The van der Waals surface area contributed by atoms with Gasteiger partial charge < -0.3 is 14.6 Å². The minimum atomic E-state index is -0.293. The van der Waals surface area contributed by atoms with E-state index < -0.39 is 0 Å². The van der Waals surface area contributed by atoms with Crippen LogP contribution in [-0.2, 0) is 9.47 Å². The van der Waals surface area contributed by atoms with Crippen molar-refractivity contribution in [2.45, 2.75) is 19.5 Å². The van der Waals surface area contributed by atoms with Crippen molar-refractivity contribution in [3.05, 3.63) is 34.3 Å². The Kier molecular flexibility index (Phi) is 3.09. The summed E-state index contributed by atoms with van der Waals surface area (Å²) in [5.74, 6) is 0.223. The Labute approximate surface area is 96.4 Å². The maximum absolute atomic E-state index is 9.67. The number of halogens is 1. The average molecular weight is 271 g/mol. The molecule has 0 bridgehead atoms. The van der Waals surface area contributed by atoms with Crippen LogP contribution in [0.1, 0.15) is 12.5 Å². The molecule has 0 spiro atoms. The minimum Gasteiger partial charge on any atom is -0.506 e. The van der Waals surface area contributed by atoms with Gasteiger partial charge in [-0.15, -0.1) is 0 Å². The van der Waals surface area contributed by atoms with Gasteiger partial charge in [0.05, 0.1) is 4.47 Å². The molecule has 1 N–H and O–H groups in total. The number of hydrogen-bond acceptors (Lipinski definition) is 3. The topological polar surface area (TPSA) is 38.7 Å². The Balaban J connectivity index is 2.07. The highest BCUT2D eigenvalue weighted by Gasteiger charge is 2.23. The molecule has 0 unspecified atom stereocenters. The van der Waals surface area contributed by atoms with Crippen LogP contribution in [0.3, 0.4) is 0 Å². The van der Waals surface area contributed by atoms with Gasteiger partial charge >= 0.3 is 0 Å². The van der Waals surface area contributed by atoms with E-state index in [9.17, 15) is 5.11 Å². The lowest BCUT2D eigenvalue weighted by molar-refractivity contribution is -0.354. The molecule has 80 valence electrons. The van der Waals surface area contributed by atoms with Gasteiger partial charge in [-0.1, -0.05) is 18.2 Å². The number of para-hydroxylation sites is 1. The molecule has 0 saturated carbocycles. The lowest BCUT2D eigenvalue weighted by Crippen LogP contribution is -2.36. The van der Waals surface area contributed by atoms with Gasteiger partial charge in [0.2, 0.25) is 0 Å². The molecule has 2 rings (SSSR count). The molecule has 0 radical (unpaired) electrons. The first-order valence-electron chi connectivity index (χ1n) is 4.63. The fourth-order valence-corrected chi connectivity index (χ4v) is 1.71. The molecule has 0 aromatic heterocycles. The van der Waals surface area contributed by atoms with Gasteiger partial charge in [-0.2, -0.15) is 0 Å². The number of phenolic OH excluding ortho intramolecular Hbond substituents is 1. The number of benzene rings is 1. The van der Waals surface area contributed by atoms with Gasteiger partial charge in [0.15, 0.2) is 12.6 Å². The molecule has 0 amide bonds. The molecular weight excluding hydrogens is 260 g/mol. The Morgan fingerprint density at radius 2 is 2.13 bits per heavy atom. The van der Waals surface area contributed by atoms with E-state index in [4.69, 9.17) is 9.47 Å². The smallest absolute Gasteiger partial charge is 0.183 e. The summed E-state index contributed by atoms with van der Waals surface area (Å²) in [4.78, 5) is 0. The van der Waals surface area contributed by atoms with Crippen molar-refractivity contribution in [3.8, 4) is 5.75 Å². The summed E-state index contributed by atoms with van der Waals surface area (Å²) in [6, 6.07) is 5.46. The number of aromatic hydroxyl groups is 1. The summed E-state index contributed by atoms with van der Waals surface area (Å²) < 4.78 is 11.1. The molecule has 1 aliphatic rings. The van der Waals surface area contributed by atoms with Crippen molar-refractivity contribution in [3.63, 3.8) is 0 Å². The zero-order valence-electron chi connectivity index (χ0n) is 8.18. The fraction of sp³-hybridized carbons (Fsp3) is 0.273. The molecule has 4 heteroatoms. The van der Waals surface area contributed by atoms with Crippen LogP contribution in [0.2, 0.25) is 0 Å². The molecule has 1 aliphatic heterocycles. The van der Waals surface area contributed by atoms with Gasteiger partial charge in [-0.05, 0) is 35.0 Å².